The number of nitrogens with one attached hydrogen (secondary N) is 2. The standard InChI is InChI=1S/C16H26N2/c1-12-8-13(2)16(14(3)9-12)11-18-7-5-15-4-6-17-10-15/h8-9,15,17-18H,4-7,10-11H2,1-3H3. The van der Waals surface area contributed by atoms with Crippen LogP contribution in [-0.2, 0) is 6.54 Å². The van der Waals surface area contributed by atoms with Gasteiger partial charge in [0.15, 0.2) is 0 Å². The second-order valence-corrected chi connectivity index (χ2v) is 5.70. The Balaban J connectivity index is 1.79. The van der Waals surface area contributed by atoms with E-state index < -0.39 is 0 Å². The Labute approximate surface area is 111 Å². The van der Waals surface area contributed by atoms with Gasteiger partial charge in [0.1, 0.15) is 0 Å². The van der Waals surface area contributed by atoms with E-state index in [4.69, 9.17) is 0 Å². The Hall–Kier alpha value is -0.860. The number of hydrogen-bond acceptors (Lipinski definition) is 2. The summed E-state index contributed by atoms with van der Waals surface area (Å²) in [6.07, 6.45) is 2.65. The first-order valence-electron chi connectivity index (χ1n) is 7.15. The van der Waals surface area contributed by atoms with Crippen molar-refractivity contribution in [3.63, 3.8) is 0 Å². The highest BCUT2D eigenvalue weighted by Gasteiger charge is 2.13. The molecule has 0 amide bonds. The Morgan fingerprint density at radius 3 is 2.56 bits per heavy atom. The minimum Gasteiger partial charge on any atom is -0.316 e. The highest BCUT2D eigenvalue weighted by Crippen LogP contribution is 2.16. The van der Waals surface area contributed by atoms with Crippen molar-refractivity contribution in [1.29, 1.82) is 0 Å². The maximum Gasteiger partial charge on any atom is 0.0210 e. The summed E-state index contributed by atoms with van der Waals surface area (Å²) >= 11 is 0. The van der Waals surface area contributed by atoms with Crippen LogP contribution in [0.15, 0.2) is 12.1 Å². The van der Waals surface area contributed by atoms with Crippen molar-refractivity contribution in [2.45, 2.75) is 40.2 Å². The predicted octanol–water partition coefficient (Wildman–Crippen LogP) is 2.70. The van der Waals surface area contributed by atoms with Crippen LogP contribution in [0, 0.1) is 26.7 Å². The van der Waals surface area contributed by atoms with Crippen LogP contribution in [0.5, 0.6) is 0 Å². The normalized spacial score (nSPS) is 19.4. The van der Waals surface area contributed by atoms with Crippen LogP contribution in [0.25, 0.3) is 0 Å². The van der Waals surface area contributed by atoms with Crippen molar-refractivity contribution < 1.29 is 0 Å². The number of aryl methyl sites for hydroxylation is 3. The van der Waals surface area contributed by atoms with Gasteiger partial charge in [0.25, 0.3) is 0 Å². The zero-order valence-corrected chi connectivity index (χ0v) is 12.0. The fourth-order valence-corrected chi connectivity index (χ4v) is 2.97. The summed E-state index contributed by atoms with van der Waals surface area (Å²) in [5.74, 6) is 0.887. The van der Waals surface area contributed by atoms with Gasteiger partial charge in [-0.25, -0.2) is 0 Å². The summed E-state index contributed by atoms with van der Waals surface area (Å²) < 4.78 is 0. The molecule has 1 aromatic rings. The fourth-order valence-electron chi connectivity index (χ4n) is 2.97. The van der Waals surface area contributed by atoms with Gasteiger partial charge in [-0.2, -0.15) is 0 Å². The lowest BCUT2D eigenvalue weighted by molar-refractivity contribution is 0.499. The van der Waals surface area contributed by atoms with Gasteiger partial charge in [0, 0.05) is 6.54 Å². The lowest BCUT2D eigenvalue weighted by Gasteiger charge is -2.13. The van der Waals surface area contributed by atoms with E-state index >= 15 is 0 Å². The van der Waals surface area contributed by atoms with Gasteiger partial charge in [0.05, 0.1) is 0 Å². The minimum atomic E-state index is 0.887. The van der Waals surface area contributed by atoms with E-state index in [9.17, 15) is 0 Å². The molecule has 1 saturated heterocycles. The van der Waals surface area contributed by atoms with Crippen molar-refractivity contribution in [3.05, 3.63) is 34.4 Å². The first-order chi connectivity index (χ1) is 8.66. The van der Waals surface area contributed by atoms with Crippen molar-refractivity contribution in [1.82, 2.24) is 10.6 Å². The third-order valence-electron chi connectivity index (χ3n) is 4.03. The molecule has 2 rings (SSSR count). The maximum atomic E-state index is 3.60. The molecule has 0 aliphatic carbocycles. The van der Waals surface area contributed by atoms with E-state index in [0.717, 1.165) is 19.0 Å². The molecule has 18 heavy (non-hydrogen) atoms. The molecule has 2 heteroatoms. The monoisotopic (exact) mass is 246 g/mol. The van der Waals surface area contributed by atoms with E-state index in [-0.39, 0.29) is 0 Å². The minimum absolute atomic E-state index is 0.887. The molecule has 100 valence electrons. The smallest absolute Gasteiger partial charge is 0.0210 e. The average Bonchev–Trinajstić information content (AvgIpc) is 2.79. The second kappa shape index (κ2) is 6.35. The van der Waals surface area contributed by atoms with Crippen LogP contribution < -0.4 is 10.6 Å². The Morgan fingerprint density at radius 2 is 1.94 bits per heavy atom. The maximum absolute atomic E-state index is 3.60. The molecule has 0 bridgehead atoms. The van der Waals surface area contributed by atoms with E-state index in [2.05, 4.69) is 43.5 Å². The zero-order chi connectivity index (χ0) is 13.0. The molecule has 1 aromatic carbocycles. The van der Waals surface area contributed by atoms with Crippen LogP contribution in [0.1, 0.15) is 35.1 Å². The molecule has 1 aliphatic heterocycles. The third-order valence-corrected chi connectivity index (χ3v) is 4.03. The summed E-state index contributed by atoms with van der Waals surface area (Å²) in [6.45, 7) is 11.2. The highest BCUT2D eigenvalue weighted by atomic mass is 14.9. The van der Waals surface area contributed by atoms with Crippen molar-refractivity contribution >= 4 is 0 Å². The van der Waals surface area contributed by atoms with Crippen LogP contribution >= 0.6 is 0 Å². The van der Waals surface area contributed by atoms with E-state index in [1.165, 1.54) is 48.2 Å². The summed E-state index contributed by atoms with van der Waals surface area (Å²) in [4.78, 5) is 0. The van der Waals surface area contributed by atoms with E-state index in [1.54, 1.807) is 0 Å². The lowest BCUT2D eigenvalue weighted by atomic mass is 9.99. The van der Waals surface area contributed by atoms with Crippen LogP contribution in [0.2, 0.25) is 0 Å². The molecule has 0 aromatic heterocycles. The first kappa shape index (κ1) is 13.6. The van der Waals surface area contributed by atoms with Gasteiger partial charge in [-0.1, -0.05) is 17.7 Å². The highest BCUT2D eigenvalue weighted by molar-refractivity contribution is 5.37. The number of rotatable bonds is 5. The van der Waals surface area contributed by atoms with Gasteiger partial charge < -0.3 is 10.6 Å². The largest absolute Gasteiger partial charge is 0.316 e. The average molecular weight is 246 g/mol. The van der Waals surface area contributed by atoms with Gasteiger partial charge >= 0.3 is 0 Å². The summed E-state index contributed by atoms with van der Waals surface area (Å²) in [7, 11) is 0. The SMILES string of the molecule is Cc1cc(C)c(CNCCC2CCNC2)c(C)c1. The molecule has 2 nitrogen and oxygen atoms in total. The van der Waals surface area contributed by atoms with E-state index in [0.29, 0.717) is 0 Å². The Bertz CT molecular complexity index is 369. The molecular weight excluding hydrogens is 220 g/mol. The second-order valence-electron chi connectivity index (χ2n) is 5.70. The lowest BCUT2D eigenvalue weighted by Crippen LogP contribution is -2.20. The van der Waals surface area contributed by atoms with Gasteiger partial charge in [-0.05, 0) is 75.9 Å². The summed E-state index contributed by atoms with van der Waals surface area (Å²) in [6, 6.07) is 4.57. The van der Waals surface area contributed by atoms with Gasteiger partial charge in [-0.3, -0.25) is 0 Å². The van der Waals surface area contributed by atoms with Crippen LogP contribution in [-0.4, -0.2) is 19.6 Å². The molecule has 1 heterocycles. The van der Waals surface area contributed by atoms with E-state index in [1.807, 2.05) is 0 Å². The molecule has 0 saturated carbocycles. The quantitative estimate of drug-likeness (QED) is 0.781. The fraction of sp³-hybridized carbons (Fsp3) is 0.625. The summed E-state index contributed by atoms with van der Waals surface area (Å²) in [5, 5.41) is 7.03. The number of benzene rings is 1. The number of hydrogen-bond donors (Lipinski definition) is 2. The van der Waals surface area contributed by atoms with Crippen LogP contribution in [0.4, 0.5) is 0 Å². The van der Waals surface area contributed by atoms with Gasteiger partial charge in [-0.15, -0.1) is 0 Å². The first-order valence-corrected chi connectivity index (χ1v) is 7.15. The molecule has 1 unspecified atom stereocenters. The molecule has 1 aliphatic rings. The predicted molar refractivity (Wildman–Crippen MR) is 78.0 cm³/mol. The zero-order valence-electron chi connectivity index (χ0n) is 12.0. The van der Waals surface area contributed by atoms with Crippen LogP contribution in [0.3, 0.4) is 0 Å². The van der Waals surface area contributed by atoms with Crippen molar-refractivity contribution in [3.8, 4) is 0 Å². The molecule has 1 atom stereocenters. The molecule has 0 radical (unpaired) electrons. The molecular formula is C16H26N2. The van der Waals surface area contributed by atoms with Crippen molar-refractivity contribution in [2.24, 2.45) is 5.92 Å². The Kier molecular flexibility index (Phi) is 4.79. The van der Waals surface area contributed by atoms with Crippen molar-refractivity contribution in [2.75, 3.05) is 19.6 Å². The molecule has 0 spiro atoms. The topological polar surface area (TPSA) is 24.1 Å². The third kappa shape index (κ3) is 3.56. The molecule has 2 N–H and O–H groups in total. The van der Waals surface area contributed by atoms with Gasteiger partial charge in [0.2, 0.25) is 0 Å². The molecule has 1 fully saturated rings. The summed E-state index contributed by atoms with van der Waals surface area (Å²) in [5.41, 5.74) is 5.68. The Morgan fingerprint density at radius 1 is 1.22 bits per heavy atom.